The van der Waals surface area contributed by atoms with Crippen LogP contribution in [0, 0.1) is 17.8 Å². The first-order chi connectivity index (χ1) is 7.75. The Morgan fingerprint density at radius 2 is 2.19 bits per heavy atom. The Bertz CT molecular complexity index is 229. The zero-order valence-corrected chi connectivity index (χ0v) is 10.5. The molecule has 0 aromatic rings. The fourth-order valence-corrected chi connectivity index (χ4v) is 2.76. The summed E-state index contributed by atoms with van der Waals surface area (Å²) in [6.45, 7) is 4.54. The molecule has 1 aliphatic carbocycles. The van der Waals surface area contributed by atoms with E-state index in [4.69, 9.17) is 0 Å². The van der Waals surface area contributed by atoms with E-state index in [1.165, 1.54) is 32.2 Å². The lowest BCUT2D eigenvalue weighted by Gasteiger charge is -2.28. The Hall–Kier alpha value is -0.370. The van der Waals surface area contributed by atoms with Crippen molar-refractivity contribution in [2.45, 2.75) is 51.9 Å². The van der Waals surface area contributed by atoms with E-state index in [0.29, 0.717) is 11.7 Å². The summed E-state index contributed by atoms with van der Waals surface area (Å²) in [5.74, 6) is 2.72. The van der Waals surface area contributed by atoms with Crippen LogP contribution in [0.4, 0.5) is 0 Å². The van der Waals surface area contributed by atoms with Crippen molar-refractivity contribution in [2.24, 2.45) is 17.8 Å². The predicted molar refractivity (Wildman–Crippen MR) is 66.3 cm³/mol. The van der Waals surface area contributed by atoms with E-state index >= 15 is 0 Å². The molecule has 0 radical (unpaired) electrons. The Morgan fingerprint density at radius 1 is 1.38 bits per heavy atom. The van der Waals surface area contributed by atoms with Crippen LogP contribution in [0.2, 0.25) is 0 Å². The lowest BCUT2D eigenvalue weighted by Crippen LogP contribution is -2.33. The summed E-state index contributed by atoms with van der Waals surface area (Å²) in [6, 6.07) is 0. The fourth-order valence-electron chi connectivity index (χ4n) is 2.76. The molecule has 16 heavy (non-hydrogen) atoms. The molecule has 2 heteroatoms. The van der Waals surface area contributed by atoms with Crippen molar-refractivity contribution in [3.05, 3.63) is 0 Å². The van der Waals surface area contributed by atoms with Crippen LogP contribution in [0.1, 0.15) is 51.9 Å². The maximum Gasteiger partial charge on any atom is 0.133 e. The molecule has 2 fully saturated rings. The van der Waals surface area contributed by atoms with E-state index in [2.05, 4.69) is 12.2 Å². The lowest BCUT2D eigenvalue weighted by molar-refractivity contribution is -0.120. The molecular weight excluding hydrogens is 198 g/mol. The highest BCUT2D eigenvalue weighted by molar-refractivity contribution is 5.78. The van der Waals surface area contributed by atoms with Gasteiger partial charge in [0.15, 0.2) is 0 Å². The molecule has 0 amide bonds. The number of hydrogen-bond donors (Lipinski definition) is 1. The second-order valence-electron chi connectivity index (χ2n) is 5.81. The molecule has 1 N–H and O–H groups in total. The van der Waals surface area contributed by atoms with Crippen LogP contribution >= 0.6 is 0 Å². The number of rotatable bonds is 6. The summed E-state index contributed by atoms with van der Waals surface area (Å²) < 4.78 is 0. The summed E-state index contributed by atoms with van der Waals surface area (Å²) in [4.78, 5) is 11.8. The normalized spacial score (nSPS) is 27.7. The minimum Gasteiger partial charge on any atom is -0.316 e. The van der Waals surface area contributed by atoms with E-state index < -0.39 is 0 Å². The van der Waals surface area contributed by atoms with Gasteiger partial charge in [-0.2, -0.15) is 0 Å². The van der Waals surface area contributed by atoms with Gasteiger partial charge in [0.05, 0.1) is 0 Å². The summed E-state index contributed by atoms with van der Waals surface area (Å²) in [5.41, 5.74) is 0. The van der Waals surface area contributed by atoms with Gasteiger partial charge in [-0.15, -0.1) is 0 Å². The van der Waals surface area contributed by atoms with Gasteiger partial charge in [-0.3, -0.25) is 4.79 Å². The number of piperidine rings is 1. The molecule has 2 atom stereocenters. The lowest BCUT2D eigenvalue weighted by atomic mass is 9.84. The molecule has 2 nitrogen and oxygen atoms in total. The smallest absolute Gasteiger partial charge is 0.133 e. The average molecular weight is 223 g/mol. The molecule has 2 aliphatic rings. The van der Waals surface area contributed by atoms with E-state index in [-0.39, 0.29) is 0 Å². The van der Waals surface area contributed by atoms with Gasteiger partial charge in [0.1, 0.15) is 5.78 Å². The topological polar surface area (TPSA) is 29.1 Å². The van der Waals surface area contributed by atoms with Gasteiger partial charge < -0.3 is 5.32 Å². The van der Waals surface area contributed by atoms with Crippen molar-refractivity contribution in [1.29, 1.82) is 0 Å². The monoisotopic (exact) mass is 223 g/mol. The quantitative estimate of drug-likeness (QED) is 0.750. The molecule has 0 aromatic carbocycles. The molecule has 1 saturated carbocycles. The highest BCUT2D eigenvalue weighted by atomic mass is 16.1. The zero-order valence-electron chi connectivity index (χ0n) is 10.5. The first kappa shape index (κ1) is 12.1. The molecule has 0 spiro atoms. The van der Waals surface area contributed by atoms with Gasteiger partial charge >= 0.3 is 0 Å². The minimum atomic E-state index is 0.505. The van der Waals surface area contributed by atoms with Crippen LogP contribution in [-0.4, -0.2) is 18.9 Å². The van der Waals surface area contributed by atoms with Crippen LogP contribution in [0.25, 0.3) is 0 Å². The Kier molecular flexibility index (Phi) is 4.39. The molecule has 1 heterocycles. The summed E-state index contributed by atoms with van der Waals surface area (Å²) in [5, 5.41) is 3.44. The van der Waals surface area contributed by atoms with Crippen molar-refractivity contribution < 1.29 is 4.79 Å². The van der Waals surface area contributed by atoms with Crippen molar-refractivity contribution in [1.82, 2.24) is 5.32 Å². The third-order valence-electron chi connectivity index (χ3n) is 4.22. The van der Waals surface area contributed by atoms with E-state index in [1.807, 2.05) is 0 Å². The van der Waals surface area contributed by atoms with Crippen molar-refractivity contribution in [2.75, 3.05) is 13.1 Å². The van der Waals surface area contributed by atoms with Crippen molar-refractivity contribution >= 4 is 5.78 Å². The van der Waals surface area contributed by atoms with Gasteiger partial charge in [0.25, 0.3) is 0 Å². The van der Waals surface area contributed by atoms with Gasteiger partial charge in [-0.05, 0) is 50.1 Å². The first-order valence-corrected chi connectivity index (χ1v) is 6.98. The maximum atomic E-state index is 11.8. The predicted octanol–water partition coefficient (Wildman–Crippen LogP) is 2.77. The highest BCUT2D eigenvalue weighted by Crippen LogP contribution is 2.34. The molecule has 2 unspecified atom stereocenters. The number of carbonyl (C=O) groups excluding carboxylic acids is 1. The SMILES string of the molecule is CC(CC(=O)CCC1CC1)C1CCCNC1. The Labute approximate surface area is 99.2 Å². The van der Waals surface area contributed by atoms with Crippen molar-refractivity contribution in [3.8, 4) is 0 Å². The van der Waals surface area contributed by atoms with Crippen LogP contribution in [0.5, 0.6) is 0 Å². The third-order valence-corrected chi connectivity index (χ3v) is 4.22. The minimum absolute atomic E-state index is 0.505. The van der Waals surface area contributed by atoms with Crippen LogP contribution < -0.4 is 5.32 Å². The second kappa shape index (κ2) is 5.81. The Morgan fingerprint density at radius 3 is 2.81 bits per heavy atom. The number of ketones is 1. The summed E-state index contributed by atoms with van der Waals surface area (Å²) in [6.07, 6.45) is 8.16. The van der Waals surface area contributed by atoms with Gasteiger partial charge in [-0.25, -0.2) is 0 Å². The van der Waals surface area contributed by atoms with Crippen LogP contribution in [0.15, 0.2) is 0 Å². The largest absolute Gasteiger partial charge is 0.316 e. The standard InChI is InChI=1S/C14H25NO/c1-11(13-3-2-8-15-10-13)9-14(16)7-6-12-4-5-12/h11-13,15H,2-10H2,1H3. The van der Waals surface area contributed by atoms with Gasteiger partial charge in [0, 0.05) is 12.8 Å². The third kappa shape index (κ3) is 3.89. The fraction of sp³-hybridized carbons (Fsp3) is 0.929. The molecule has 0 bridgehead atoms. The maximum absolute atomic E-state index is 11.8. The average Bonchev–Trinajstić information content (AvgIpc) is 3.11. The van der Waals surface area contributed by atoms with E-state index in [9.17, 15) is 4.79 Å². The number of carbonyl (C=O) groups is 1. The molecule has 0 aromatic heterocycles. The summed E-state index contributed by atoms with van der Waals surface area (Å²) in [7, 11) is 0. The van der Waals surface area contributed by atoms with Crippen LogP contribution in [0.3, 0.4) is 0 Å². The van der Waals surface area contributed by atoms with Gasteiger partial charge in [0.2, 0.25) is 0 Å². The van der Waals surface area contributed by atoms with Crippen molar-refractivity contribution in [3.63, 3.8) is 0 Å². The van der Waals surface area contributed by atoms with Gasteiger partial charge in [-0.1, -0.05) is 19.8 Å². The highest BCUT2D eigenvalue weighted by Gasteiger charge is 2.24. The molecule has 2 rings (SSSR count). The first-order valence-electron chi connectivity index (χ1n) is 6.98. The molecule has 1 saturated heterocycles. The summed E-state index contributed by atoms with van der Waals surface area (Å²) >= 11 is 0. The Balaban J connectivity index is 1.63. The number of Topliss-reactive ketones (excluding diaryl/α,β-unsaturated/α-hetero) is 1. The van der Waals surface area contributed by atoms with E-state index in [0.717, 1.165) is 37.6 Å². The number of nitrogens with one attached hydrogen (secondary N) is 1. The second-order valence-corrected chi connectivity index (χ2v) is 5.81. The molecular formula is C14H25NO. The van der Waals surface area contributed by atoms with Crippen LogP contribution in [-0.2, 0) is 4.79 Å². The number of hydrogen-bond acceptors (Lipinski definition) is 2. The zero-order chi connectivity index (χ0) is 11.4. The van der Waals surface area contributed by atoms with E-state index in [1.54, 1.807) is 0 Å². The molecule has 1 aliphatic heterocycles. The molecule has 92 valence electrons.